The highest BCUT2D eigenvalue weighted by atomic mass is 16.2. The second kappa shape index (κ2) is 7.05. The minimum Gasteiger partial charge on any atom is -0.354 e. The molecule has 0 saturated carbocycles. The minimum atomic E-state index is -0.232. The Morgan fingerprint density at radius 1 is 1.52 bits per heavy atom. The largest absolute Gasteiger partial charge is 0.354 e. The summed E-state index contributed by atoms with van der Waals surface area (Å²) < 4.78 is 1.77. The molecular formula is C13H22N6O2. The number of aryl methyl sites for hydroxylation is 1. The predicted octanol–water partition coefficient (Wildman–Crippen LogP) is 0.281. The molecule has 21 heavy (non-hydrogen) atoms. The maximum atomic E-state index is 12.3. The molecule has 8 nitrogen and oxygen atoms in total. The van der Waals surface area contributed by atoms with Gasteiger partial charge in [-0.25, -0.2) is 14.5 Å². The highest BCUT2D eigenvalue weighted by Gasteiger charge is 2.24. The topological polar surface area (TPSA) is 92.2 Å². The normalized spacial score (nSPS) is 17.0. The van der Waals surface area contributed by atoms with E-state index in [2.05, 4.69) is 20.7 Å². The molecule has 116 valence electrons. The van der Waals surface area contributed by atoms with Gasteiger partial charge in [-0.3, -0.25) is 4.79 Å². The van der Waals surface area contributed by atoms with Gasteiger partial charge >= 0.3 is 6.03 Å². The van der Waals surface area contributed by atoms with E-state index in [1.165, 1.54) is 11.2 Å². The Labute approximate surface area is 123 Å². The van der Waals surface area contributed by atoms with Crippen molar-refractivity contribution >= 4 is 11.9 Å². The van der Waals surface area contributed by atoms with Gasteiger partial charge in [0, 0.05) is 19.6 Å². The molecule has 0 aromatic carbocycles. The van der Waals surface area contributed by atoms with Crippen LogP contribution in [0.5, 0.6) is 0 Å². The zero-order valence-electron chi connectivity index (χ0n) is 12.5. The van der Waals surface area contributed by atoms with Crippen molar-refractivity contribution in [3.63, 3.8) is 0 Å². The van der Waals surface area contributed by atoms with E-state index in [0.717, 1.165) is 12.2 Å². The Hall–Kier alpha value is -2.12. The molecule has 0 radical (unpaired) electrons. The number of aromatic nitrogens is 3. The van der Waals surface area contributed by atoms with Gasteiger partial charge in [0.2, 0.25) is 5.91 Å². The van der Waals surface area contributed by atoms with Gasteiger partial charge in [-0.15, -0.1) is 0 Å². The van der Waals surface area contributed by atoms with Crippen molar-refractivity contribution in [1.82, 2.24) is 30.3 Å². The maximum Gasteiger partial charge on any atom is 0.318 e. The predicted molar refractivity (Wildman–Crippen MR) is 76.5 cm³/mol. The van der Waals surface area contributed by atoms with E-state index in [9.17, 15) is 9.59 Å². The molecule has 0 unspecified atom stereocenters. The average molecular weight is 294 g/mol. The molecule has 1 saturated heterocycles. The van der Waals surface area contributed by atoms with Crippen molar-refractivity contribution in [2.75, 3.05) is 19.6 Å². The number of nitrogens with one attached hydrogen (secondary N) is 2. The monoisotopic (exact) mass is 294 g/mol. The molecule has 8 heteroatoms. The van der Waals surface area contributed by atoms with Crippen molar-refractivity contribution in [3.8, 4) is 0 Å². The number of hydrogen-bond donors (Lipinski definition) is 2. The molecule has 3 amide bonds. The van der Waals surface area contributed by atoms with Crippen LogP contribution in [0, 0.1) is 0 Å². The number of carbonyl (C=O) groups is 2. The number of amides is 3. The van der Waals surface area contributed by atoms with E-state index in [-0.39, 0.29) is 24.5 Å². The van der Waals surface area contributed by atoms with Crippen LogP contribution < -0.4 is 10.6 Å². The first-order valence-electron chi connectivity index (χ1n) is 7.35. The van der Waals surface area contributed by atoms with Crippen molar-refractivity contribution < 1.29 is 9.59 Å². The molecule has 0 spiro atoms. The van der Waals surface area contributed by atoms with Gasteiger partial charge in [-0.1, -0.05) is 6.92 Å². The maximum absolute atomic E-state index is 12.3. The Morgan fingerprint density at radius 2 is 2.33 bits per heavy atom. The lowest BCUT2D eigenvalue weighted by Gasteiger charge is -2.23. The fraction of sp³-hybridized carbons (Fsp3) is 0.692. The lowest BCUT2D eigenvalue weighted by Crippen LogP contribution is -2.45. The highest BCUT2D eigenvalue weighted by molar-refractivity contribution is 5.84. The van der Waals surface area contributed by atoms with Crippen LogP contribution in [-0.2, 0) is 11.3 Å². The summed E-state index contributed by atoms with van der Waals surface area (Å²) in [4.78, 5) is 29.6. The van der Waals surface area contributed by atoms with Gasteiger partial charge in [0.15, 0.2) is 0 Å². The van der Waals surface area contributed by atoms with Gasteiger partial charge in [0.25, 0.3) is 0 Å². The van der Waals surface area contributed by atoms with E-state index in [4.69, 9.17) is 0 Å². The number of carbonyl (C=O) groups excluding carboxylic acids is 2. The second-order valence-corrected chi connectivity index (χ2v) is 4.97. The van der Waals surface area contributed by atoms with Gasteiger partial charge in [-0.05, 0) is 19.8 Å². The highest BCUT2D eigenvalue weighted by Crippen LogP contribution is 2.14. The quantitative estimate of drug-likeness (QED) is 0.834. The van der Waals surface area contributed by atoms with E-state index < -0.39 is 0 Å². The van der Waals surface area contributed by atoms with Crippen LogP contribution >= 0.6 is 0 Å². The van der Waals surface area contributed by atoms with Gasteiger partial charge in [0.05, 0.1) is 6.04 Å². The first-order chi connectivity index (χ1) is 10.2. The van der Waals surface area contributed by atoms with Gasteiger partial charge in [0.1, 0.15) is 18.7 Å². The third kappa shape index (κ3) is 3.71. The summed E-state index contributed by atoms with van der Waals surface area (Å²) in [5.41, 5.74) is 0. The lowest BCUT2D eigenvalue weighted by molar-refractivity contribution is -0.121. The smallest absolute Gasteiger partial charge is 0.318 e. The summed E-state index contributed by atoms with van der Waals surface area (Å²) in [6.07, 6.45) is 2.97. The molecule has 1 aromatic heterocycles. The molecule has 0 aliphatic carbocycles. The fourth-order valence-electron chi connectivity index (χ4n) is 2.36. The van der Waals surface area contributed by atoms with Crippen molar-refractivity contribution in [3.05, 3.63) is 12.2 Å². The molecule has 1 aromatic rings. The van der Waals surface area contributed by atoms with Crippen LogP contribution in [-0.4, -0.2) is 51.2 Å². The van der Waals surface area contributed by atoms with Crippen LogP contribution in [0.3, 0.4) is 0 Å². The Bertz CT molecular complexity index is 501. The molecule has 1 aliphatic rings. The summed E-state index contributed by atoms with van der Waals surface area (Å²) in [6, 6.07) is -0.434. The summed E-state index contributed by atoms with van der Waals surface area (Å²) in [6.45, 7) is 5.95. The second-order valence-electron chi connectivity index (χ2n) is 4.97. The third-order valence-electron chi connectivity index (χ3n) is 3.51. The molecule has 1 atom stereocenters. The average Bonchev–Trinajstić information content (AvgIpc) is 2.85. The molecule has 2 heterocycles. The number of nitrogens with zero attached hydrogens (tertiary/aromatic N) is 4. The summed E-state index contributed by atoms with van der Waals surface area (Å²) >= 11 is 0. The Balaban J connectivity index is 2.04. The van der Waals surface area contributed by atoms with E-state index in [0.29, 0.717) is 26.1 Å². The Morgan fingerprint density at radius 3 is 3.05 bits per heavy atom. The SMILES string of the molecule is CC[C@@H](NC(=O)N1CCCNC(=O)C1)c1ncnn1CC. The van der Waals surface area contributed by atoms with Crippen molar-refractivity contribution in [1.29, 1.82) is 0 Å². The van der Waals surface area contributed by atoms with E-state index in [1.807, 2.05) is 13.8 Å². The van der Waals surface area contributed by atoms with Gasteiger partial charge in [-0.2, -0.15) is 5.10 Å². The molecule has 2 N–H and O–H groups in total. The lowest BCUT2D eigenvalue weighted by atomic mass is 10.2. The third-order valence-corrected chi connectivity index (χ3v) is 3.51. The Kier molecular flexibility index (Phi) is 5.13. The van der Waals surface area contributed by atoms with E-state index >= 15 is 0 Å². The standard InChI is InChI=1S/C13H22N6O2/c1-3-10(12-15-9-16-19(12)4-2)17-13(21)18-7-5-6-14-11(20)8-18/h9-10H,3-8H2,1-2H3,(H,14,20)(H,17,21)/t10-/m1/s1. The van der Waals surface area contributed by atoms with Crippen LogP contribution in [0.1, 0.15) is 38.6 Å². The molecule has 1 aliphatic heterocycles. The van der Waals surface area contributed by atoms with Crippen LogP contribution in [0.2, 0.25) is 0 Å². The zero-order chi connectivity index (χ0) is 15.2. The summed E-state index contributed by atoms with van der Waals surface area (Å²) in [7, 11) is 0. The van der Waals surface area contributed by atoms with Crippen LogP contribution in [0.15, 0.2) is 6.33 Å². The van der Waals surface area contributed by atoms with Crippen LogP contribution in [0.4, 0.5) is 4.79 Å². The first-order valence-corrected chi connectivity index (χ1v) is 7.35. The summed E-state index contributed by atoms with van der Waals surface area (Å²) in [5, 5.41) is 9.83. The number of urea groups is 1. The number of hydrogen-bond acceptors (Lipinski definition) is 4. The minimum absolute atomic E-state index is 0.0999. The van der Waals surface area contributed by atoms with Crippen molar-refractivity contribution in [2.45, 2.75) is 39.3 Å². The molecule has 2 rings (SSSR count). The zero-order valence-corrected chi connectivity index (χ0v) is 12.5. The fourth-order valence-corrected chi connectivity index (χ4v) is 2.36. The molecular weight excluding hydrogens is 272 g/mol. The molecule has 0 bridgehead atoms. The van der Waals surface area contributed by atoms with E-state index in [1.54, 1.807) is 4.68 Å². The van der Waals surface area contributed by atoms with Crippen molar-refractivity contribution in [2.24, 2.45) is 0 Å². The first kappa shape index (κ1) is 15.3. The molecule has 1 fully saturated rings. The van der Waals surface area contributed by atoms with Gasteiger partial charge < -0.3 is 15.5 Å². The van der Waals surface area contributed by atoms with Crippen LogP contribution in [0.25, 0.3) is 0 Å². The number of rotatable bonds is 4. The summed E-state index contributed by atoms with van der Waals surface area (Å²) in [5.74, 6) is 0.625.